The number of benzene rings is 1. The first-order valence-corrected chi connectivity index (χ1v) is 11.4. The normalized spacial score (nSPS) is 14.2. The number of carbonyl (C=O) groups is 2. The van der Waals surface area contributed by atoms with Crippen LogP contribution >= 0.6 is 23.2 Å². The first-order chi connectivity index (χ1) is 15.4. The molecule has 0 unspecified atom stereocenters. The van der Waals surface area contributed by atoms with Crippen molar-refractivity contribution in [3.8, 4) is 5.75 Å². The summed E-state index contributed by atoms with van der Waals surface area (Å²) in [6.45, 7) is 6.43. The molecule has 1 aromatic heterocycles. The quantitative estimate of drug-likeness (QED) is 0.617. The number of rotatable bonds is 8. The van der Waals surface area contributed by atoms with E-state index in [0.717, 1.165) is 5.82 Å². The minimum Gasteiger partial charge on any atom is -0.482 e. The maximum Gasteiger partial charge on any atom is 0.260 e. The van der Waals surface area contributed by atoms with E-state index in [-0.39, 0.29) is 24.3 Å². The molecular weight excluding hydrogens is 453 g/mol. The highest BCUT2D eigenvalue weighted by Gasteiger charge is 2.26. The molecule has 0 saturated carbocycles. The molecule has 3 rings (SSSR count). The van der Waals surface area contributed by atoms with Crippen LogP contribution in [0.5, 0.6) is 5.75 Å². The van der Waals surface area contributed by atoms with Crippen LogP contribution in [0.15, 0.2) is 30.3 Å². The highest BCUT2D eigenvalue weighted by Crippen LogP contribution is 2.29. The molecule has 2 heterocycles. The van der Waals surface area contributed by atoms with Crippen molar-refractivity contribution in [2.45, 2.75) is 26.7 Å². The Hall–Kier alpha value is -2.58. The molecule has 1 N–H and O–H groups in total. The number of ether oxygens (including phenoxy) is 1. The Kier molecular flexibility index (Phi) is 8.53. The summed E-state index contributed by atoms with van der Waals surface area (Å²) in [6, 6.07) is 8.56. The topological polar surface area (TPSA) is 87.7 Å². The van der Waals surface area contributed by atoms with E-state index in [0.29, 0.717) is 60.6 Å². The zero-order valence-electron chi connectivity index (χ0n) is 18.2. The van der Waals surface area contributed by atoms with Gasteiger partial charge in [-0.25, -0.2) is 0 Å². The van der Waals surface area contributed by atoms with Gasteiger partial charge in [0.15, 0.2) is 17.6 Å². The predicted molar refractivity (Wildman–Crippen MR) is 125 cm³/mol. The van der Waals surface area contributed by atoms with E-state index in [1.54, 1.807) is 29.2 Å². The average molecular weight is 480 g/mol. The van der Waals surface area contributed by atoms with Crippen molar-refractivity contribution >= 4 is 46.5 Å². The van der Waals surface area contributed by atoms with Crippen molar-refractivity contribution in [2.24, 2.45) is 5.92 Å². The second-order valence-electron chi connectivity index (χ2n) is 7.46. The van der Waals surface area contributed by atoms with Crippen molar-refractivity contribution < 1.29 is 14.3 Å². The van der Waals surface area contributed by atoms with E-state index in [1.807, 2.05) is 19.9 Å². The first-order valence-electron chi connectivity index (χ1n) is 10.7. The number of carbonyl (C=O) groups excluding carboxylic acids is 2. The van der Waals surface area contributed by atoms with Crippen LogP contribution in [0.1, 0.15) is 26.7 Å². The molecule has 32 heavy (non-hydrogen) atoms. The molecule has 1 aliphatic rings. The van der Waals surface area contributed by atoms with Gasteiger partial charge in [0.25, 0.3) is 5.91 Å². The number of likely N-dealkylation sites (N-methyl/N-ethyl adjacent to an activating group) is 1. The Morgan fingerprint density at radius 1 is 1.12 bits per heavy atom. The Bertz CT molecular complexity index is 930. The number of aromatic nitrogens is 2. The molecule has 0 spiro atoms. The summed E-state index contributed by atoms with van der Waals surface area (Å²) in [6.07, 6.45) is 1.41. The van der Waals surface area contributed by atoms with Gasteiger partial charge in [-0.3, -0.25) is 9.59 Å². The van der Waals surface area contributed by atoms with Gasteiger partial charge in [0, 0.05) is 37.8 Å². The molecule has 2 amide bonds. The Labute approximate surface area is 197 Å². The van der Waals surface area contributed by atoms with Gasteiger partial charge in [0.05, 0.1) is 5.02 Å². The van der Waals surface area contributed by atoms with Crippen LogP contribution in [0.4, 0.5) is 11.5 Å². The van der Waals surface area contributed by atoms with Gasteiger partial charge >= 0.3 is 0 Å². The Morgan fingerprint density at radius 3 is 2.44 bits per heavy atom. The zero-order valence-corrected chi connectivity index (χ0v) is 19.7. The van der Waals surface area contributed by atoms with Crippen molar-refractivity contribution in [1.29, 1.82) is 0 Å². The summed E-state index contributed by atoms with van der Waals surface area (Å²) in [7, 11) is 0. The standard InChI is InChI=1S/C22H27Cl2N5O3/c1-3-28(4-2)21(30)14-32-18-6-5-16(13-17(18)23)25-22(31)15-9-11-29(12-10-15)20-8-7-19(24)26-27-20/h5-8,13,15H,3-4,9-12,14H2,1-2H3,(H,25,31). The van der Waals surface area contributed by atoms with Gasteiger partial charge in [-0.05, 0) is 57.0 Å². The third-order valence-electron chi connectivity index (χ3n) is 5.47. The van der Waals surface area contributed by atoms with E-state index >= 15 is 0 Å². The molecule has 0 atom stereocenters. The molecule has 10 heteroatoms. The summed E-state index contributed by atoms with van der Waals surface area (Å²) < 4.78 is 5.56. The van der Waals surface area contributed by atoms with Crippen LogP contribution in [-0.2, 0) is 9.59 Å². The smallest absolute Gasteiger partial charge is 0.260 e. The lowest BCUT2D eigenvalue weighted by molar-refractivity contribution is -0.133. The summed E-state index contributed by atoms with van der Waals surface area (Å²) >= 11 is 12.1. The number of anilines is 2. The molecule has 1 aromatic carbocycles. The SMILES string of the molecule is CCN(CC)C(=O)COc1ccc(NC(=O)C2CCN(c3ccc(Cl)nn3)CC2)cc1Cl. The highest BCUT2D eigenvalue weighted by molar-refractivity contribution is 6.32. The Balaban J connectivity index is 1.50. The molecule has 1 saturated heterocycles. The van der Waals surface area contributed by atoms with Crippen LogP contribution in [0.3, 0.4) is 0 Å². The van der Waals surface area contributed by atoms with Gasteiger partial charge in [-0.15, -0.1) is 10.2 Å². The number of nitrogens with zero attached hydrogens (tertiary/aromatic N) is 4. The molecule has 1 aliphatic heterocycles. The largest absolute Gasteiger partial charge is 0.482 e. The van der Waals surface area contributed by atoms with Crippen LogP contribution in [0, 0.1) is 5.92 Å². The van der Waals surface area contributed by atoms with Gasteiger partial charge in [-0.2, -0.15) is 0 Å². The van der Waals surface area contributed by atoms with E-state index in [2.05, 4.69) is 20.4 Å². The molecule has 8 nitrogen and oxygen atoms in total. The second-order valence-corrected chi connectivity index (χ2v) is 8.26. The van der Waals surface area contributed by atoms with Crippen molar-refractivity contribution in [1.82, 2.24) is 15.1 Å². The molecule has 0 radical (unpaired) electrons. The molecule has 1 fully saturated rings. The lowest BCUT2D eigenvalue weighted by Gasteiger charge is -2.31. The second kappa shape index (κ2) is 11.3. The lowest BCUT2D eigenvalue weighted by atomic mass is 9.96. The van der Waals surface area contributed by atoms with Crippen LogP contribution < -0.4 is 15.0 Å². The third-order valence-corrected chi connectivity index (χ3v) is 5.97. The van der Waals surface area contributed by atoms with Crippen LogP contribution in [-0.4, -0.2) is 59.7 Å². The summed E-state index contributed by atoms with van der Waals surface area (Å²) in [5, 5.41) is 11.6. The van der Waals surface area contributed by atoms with Crippen molar-refractivity contribution in [3.63, 3.8) is 0 Å². The number of halogens is 2. The number of piperidine rings is 1. The fourth-order valence-corrected chi connectivity index (χ4v) is 3.93. The Morgan fingerprint density at radius 2 is 1.84 bits per heavy atom. The summed E-state index contributed by atoms with van der Waals surface area (Å²) in [5.74, 6) is 0.915. The maximum atomic E-state index is 12.7. The highest BCUT2D eigenvalue weighted by atomic mass is 35.5. The number of amides is 2. The molecule has 2 aromatic rings. The van der Waals surface area contributed by atoms with Crippen molar-refractivity contribution in [3.05, 3.63) is 40.5 Å². The van der Waals surface area contributed by atoms with Gasteiger partial charge < -0.3 is 19.9 Å². The van der Waals surface area contributed by atoms with E-state index in [4.69, 9.17) is 27.9 Å². The lowest BCUT2D eigenvalue weighted by Crippen LogP contribution is -2.38. The fraction of sp³-hybridized carbons (Fsp3) is 0.455. The van der Waals surface area contributed by atoms with Gasteiger partial charge in [-0.1, -0.05) is 23.2 Å². The van der Waals surface area contributed by atoms with Crippen LogP contribution in [0.25, 0.3) is 0 Å². The van der Waals surface area contributed by atoms with E-state index < -0.39 is 0 Å². The first kappa shape index (κ1) is 24.1. The molecule has 0 aliphatic carbocycles. The zero-order chi connectivity index (χ0) is 23.1. The summed E-state index contributed by atoms with van der Waals surface area (Å²) in [4.78, 5) is 28.6. The minimum absolute atomic E-state index is 0.0479. The molecule has 0 bridgehead atoms. The maximum absolute atomic E-state index is 12.7. The number of hydrogen-bond donors (Lipinski definition) is 1. The predicted octanol–water partition coefficient (Wildman–Crippen LogP) is 3.89. The average Bonchev–Trinajstić information content (AvgIpc) is 2.80. The molecular formula is C22H27Cl2N5O3. The summed E-state index contributed by atoms with van der Waals surface area (Å²) in [5.41, 5.74) is 0.591. The number of hydrogen-bond acceptors (Lipinski definition) is 6. The van der Waals surface area contributed by atoms with E-state index in [1.165, 1.54) is 0 Å². The fourth-order valence-electron chi connectivity index (χ4n) is 3.60. The van der Waals surface area contributed by atoms with Gasteiger partial charge in [0.1, 0.15) is 5.75 Å². The van der Waals surface area contributed by atoms with Crippen LogP contribution in [0.2, 0.25) is 10.2 Å². The van der Waals surface area contributed by atoms with E-state index in [9.17, 15) is 9.59 Å². The van der Waals surface area contributed by atoms with Gasteiger partial charge in [0.2, 0.25) is 5.91 Å². The monoisotopic (exact) mass is 479 g/mol. The minimum atomic E-state index is -0.104. The number of nitrogens with one attached hydrogen (secondary N) is 1. The molecule has 172 valence electrons. The van der Waals surface area contributed by atoms with Crippen molar-refractivity contribution in [2.75, 3.05) is 43.0 Å². The third kappa shape index (κ3) is 6.23.